The van der Waals surface area contributed by atoms with E-state index in [9.17, 15) is 9.90 Å². The standard InChI is InChI=1S/C16H16ClN3O3S/c1-9(21)18-10-3-5-11(6-4-10)19-16(24)20-13-7-12(17)14(22)8-15(13)23-2/h3-8,22H,1-2H3,(H,18,21)(H2,19,20,24). The van der Waals surface area contributed by atoms with Crippen LogP contribution in [-0.2, 0) is 4.79 Å². The normalized spacial score (nSPS) is 9.96. The molecule has 0 atom stereocenters. The van der Waals surface area contributed by atoms with Crippen LogP contribution >= 0.6 is 23.8 Å². The number of anilines is 3. The Kier molecular flexibility index (Phi) is 5.83. The fraction of sp³-hybridized carbons (Fsp3) is 0.125. The number of halogens is 1. The average molecular weight is 366 g/mol. The highest BCUT2D eigenvalue weighted by Gasteiger charge is 2.10. The van der Waals surface area contributed by atoms with Gasteiger partial charge in [0.15, 0.2) is 5.11 Å². The van der Waals surface area contributed by atoms with E-state index in [1.54, 1.807) is 24.3 Å². The van der Waals surface area contributed by atoms with Gasteiger partial charge in [-0.25, -0.2) is 0 Å². The van der Waals surface area contributed by atoms with E-state index in [4.69, 9.17) is 28.6 Å². The Morgan fingerprint density at radius 1 is 1.12 bits per heavy atom. The van der Waals surface area contributed by atoms with E-state index in [-0.39, 0.29) is 16.7 Å². The van der Waals surface area contributed by atoms with Crippen LogP contribution in [-0.4, -0.2) is 23.2 Å². The minimum atomic E-state index is -0.135. The fourth-order valence-electron chi connectivity index (χ4n) is 1.93. The van der Waals surface area contributed by atoms with Gasteiger partial charge in [0.05, 0.1) is 17.8 Å². The molecule has 0 fully saturated rings. The Morgan fingerprint density at radius 2 is 1.71 bits per heavy atom. The van der Waals surface area contributed by atoms with Crippen LogP contribution in [0.25, 0.3) is 0 Å². The molecule has 0 radical (unpaired) electrons. The fourth-order valence-corrected chi connectivity index (χ4v) is 2.33. The summed E-state index contributed by atoms with van der Waals surface area (Å²) in [7, 11) is 1.48. The number of methoxy groups -OCH3 is 1. The highest BCUT2D eigenvalue weighted by atomic mass is 35.5. The van der Waals surface area contributed by atoms with Gasteiger partial charge in [-0.15, -0.1) is 0 Å². The number of phenolic OH excluding ortho intramolecular Hbond substituents is 1. The molecule has 0 unspecified atom stereocenters. The topological polar surface area (TPSA) is 82.6 Å². The van der Waals surface area contributed by atoms with Gasteiger partial charge in [-0.3, -0.25) is 4.79 Å². The van der Waals surface area contributed by atoms with Crippen molar-refractivity contribution >= 4 is 51.9 Å². The van der Waals surface area contributed by atoms with Gasteiger partial charge >= 0.3 is 0 Å². The maximum atomic E-state index is 11.0. The van der Waals surface area contributed by atoms with Crippen LogP contribution in [0.4, 0.5) is 17.1 Å². The van der Waals surface area contributed by atoms with Crippen molar-refractivity contribution < 1.29 is 14.6 Å². The molecule has 0 aromatic heterocycles. The van der Waals surface area contributed by atoms with Crippen molar-refractivity contribution in [3.8, 4) is 11.5 Å². The molecule has 2 aromatic carbocycles. The van der Waals surface area contributed by atoms with Crippen LogP contribution in [0.1, 0.15) is 6.92 Å². The number of carbonyl (C=O) groups excluding carboxylic acids is 1. The maximum absolute atomic E-state index is 11.0. The SMILES string of the molecule is COc1cc(O)c(Cl)cc1NC(=S)Nc1ccc(NC(C)=O)cc1. The second-order valence-electron chi connectivity index (χ2n) is 4.84. The van der Waals surface area contributed by atoms with Gasteiger partial charge in [0.25, 0.3) is 0 Å². The van der Waals surface area contributed by atoms with Crippen molar-refractivity contribution in [2.75, 3.05) is 23.1 Å². The van der Waals surface area contributed by atoms with Gasteiger partial charge in [-0.05, 0) is 42.5 Å². The largest absolute Gasteiger partial charge is 0.506 e. The van der Waals surface area contributed by atoms with Crippen LogP contribution < -0.4 is 20.7 Å². The number of carbonyl (C=O) groups is 1. The molecule has 2 aromatic rings. The van der Waals surface area contributed by atoms with E-state index in [1.165, 1.54) is 26.2 Å². The summed E-state index contributed by atoms with van der Waals surface area (Å²) >= 11 is 11.2. The minimum Gasteiger partial charge on any atom is -0.506 e. The van der Waals surface area contributed by atoms with Gasteiger partial charge in [-0.1, -0.05) is 11.6 Å². The Balaban J connectivity index is 2.05. The van der Waals surface area contributed by atoms with Crippen molar-refractivity contribution in [2.45, 2.75) is 6.92 Å². The zero-order chi connectivity index (χ0) is 17.7. The van der Waals surface area contributed by atoms with Crippen LogP contribution in [0.15, 0.2) is 36.4 Å². The number of rotatable bonds is 4. The Labute approximate surface area is 149 Å². The molecule has 2 rings (SSSR count). The number of amides is 1. The summed E-state index contributed by atoms with van der Waals surface area (Å²) in [6.45, 7) is 1.45. The molecule has 0 saturated carbocycles. The van der Waals surface area contributed by atoms with Crippen molar-refractivity contribution in [2.24, 2.45) is 0 Å². The lowest BCUT2D eigenvalue weighted by Crippen LogP contribution is -2.19. The first-order chi connectivity index (χ1) is 11.4. The summed E-state index contributed by atoms with van der Waals surface area (Å²) in [6.07, 6.45) is 0. The summed E-state index contributed by atoms with van der Waals surface area (Å²) < 4.78 is 5.18. The maximum Gasteiger partial charge on any atom is 0.221 e. The van der Waals surface area contributed by atoms with E-state index < -0.39 is 0 Å². The molecule has 8 heteroatoms. The summed E-state index contributed by atoms with van der Waals surface area (Å²) in [4.78, 5) is 11.0. The first kappa shape index (κ1) is 17.8. The first-order valence-corrected chi connectivity index (χ1v) is 7.70. The summed E-state index contributed by atoms with van der Waals surface area (Å²) in [6, 6.07) is 9.98. The lowest BCUT2D eigenvalue weighted by atomic mass is 10.2. The third-order valence-electron chi connectivity index (χ3n) is 2.98. The number of phenols is 1. The lowest BCUT2D eigenvalue weighted by Gasteiger charge is -2.14. The Hall–Kier alpha value is -2.51. The minimum absolute atomic E-state index is 0.0773. The molecule has 0 aliphatic rings. The third-order valence-corrected chi connectivity index (χ3v) is 3.49. The number of benzene rings is 2. The molecule has 0 aliphatic heterocycles. The van der Waals surface area contributed by atoms with Gasteiger partial charge in [-0.2, -0.15) is 0 Å². The number of hydrogen-bond donors (Lipinski definition) is 4. The van der Waals surface area contributed by atoms with Gasteiger partial charge in [0, 0.05) is 24.4 Å². The van der Waals surface area contributed by atoms with Crippen molar-refractivity contribution in [1.82, 2.24) is 0 Å². The molecule has 6 nitrogen and oxygen atoms in total. The van der Waals surface area contributed by atoms with Crippen molar-refractivity contribution in [3.63, 3.8) is 0 Å². The first-order valence-electron chi connectivity index (χ1n) is 6.91. The smallest absolute Gasteiger partial charge is 0.221 e. The molecule has 4 N–H and O–H groups in total. The van der Waals surface area contributed by atoms with E-state index in [0.717, 1.165) is 5.69 Å². The molecule has 0 heterocycles. The molecule has 24 heavy (non-hydrogen) atoms. The summed E-state index contributed by atoms with van der Waals surface area (Å²) in [5, 5.41) is 18.7. The van der Waals surface area contributed by atoms with E-state index in [2.05, 4.69) is 16.0 Å². The molecule has 0 aliphatic carbocycles. The number of aromatic hydroxyl groups is 1. The molecule has 1 amide bonds. The summed E-state index contributed by atoms with van der Waals surface area (Å²) in [5.41, 5.74) is 1.96. The number of hydrogen-bond acceptors (Lipinski definition) is 4. The van der Waals surface area contributed by atoms with Gasteiger partial charge in [0.1, 0.15) is 11.5 Å². The number of nitrogens with one attached hydrogen (secondary N) is 3. The van der Waals surface area contributed by atoms with Crippen LogP contribution in [0.2, 0.25) is 5.02 Å². The zero-order valence-corrected chi connectivity index (χ0v) is 14.6. The lowest BCUT2D eigenvalue weighted by molar-refractivity contribution is -0.114. The number of ether oxygens (including phenoxy) is 1. The molecule has 0 spiro atoms. The van der Waals surface area contributed by atoms with E-state index in [0.29, 0.717) is 22.2 Å². The predicted octanol–water partition coefficient (Wildman–Crippen LogP) is 3.82. The second-order valence-corrected chi connectivity index (χ2v) is 5.66. The predicted molar refractivity (Wildman–Crippen MR) is 100 cm³/mol. The van der Waals surface area contributed by atoms with E-state index >= 15 is 0 Å². The quantitative estimate of drug-likeness (QED) is 0.487. The molecular formula is C16H16ClN3O3S. The monoisotopic (exact) mass is 365 g/mol. The zero-order valence-electron chi connectivity index (χ0n) is 13.0. The highest BCUT2D eigenvalue weighted by molar-refractivity contribution is 7.80. The number of thiocarbonyl (C=S) groups is 1. The summed E-state index contributed by atoms with van der Waals surface area (Å²) in [5.74, 6) is 0.192. The van der Waals surface area contributed by atoms with Gasteiger partial charge in [0.2, 0.25) is 5.91 Å². The Morgan fingerprint density at radius 3 is 2.25 bits per heavy atom. The van der Waals surface area contributed by atoms with Crippen molar-refractivity contribution in [3.05, 3.63) is 41.4 Å². The van der Waals surface area contributed by atoms with Crippen LogP contribution in [0, 0.1) is 0 Å². The Bertz CT molecular complexity index is 766. The van der Waals surface area contributed by atoms with E-state index in [1.807, 2.05) is 0 Å². The second kappa shape index (κ2) is 7.85. The molecular weight excluding hydrogens is 350 g/mol. The van der Waals surface area contributed by atoms with Gasteiger partial charge < -0.3 is 25.8 Å². The van der Waals surface area contributed by atoms with Crippen molar-refractivity contribution in [1.29, 1.82) is 0 Å². The highest BCUT2D eigenvalue weighted by Crippen LogP contribution is 2.35. The van der Waals surface area contributed by atoms with Crippen LogP contribution in [0.3, 0.4) is 0 Å². The van der Waals surface area contributed by atoms with Crippen LogP contribution in [0.5, 0.6) is 11.5 Å². The average Bonchev–Trinajstić information content (AvgIpc) is 2.52. The molecule has 0 saturated heterocycles. The molecule has 0 bridgehead atoms. The molecule has 126 valence electrons. The third kappa shape index (κ3) is 4.74.